The summed E-state index contributed by atoms with van der Waals surface area (Å²) in [4.78, 5) is 28.4. The van der Waals surface area contributed by atoms with Crippen LogP contribution in [-0.4, -0.2) is 30.7 Å². The molecule has 0 amide bonds. The van der Waals surface area contributed by atoms with Gasteiger partial charge in [0.05, 0.1) is 40.5 Å². The van der Waals surface area contributed by atoms with E-state index in [1.54, 1.807) is 16.8 Å². The Morgan fingerprint density at radius 3 is 2.26 bits per heavy atom. The van der Waals surface area contributed by atoms with E-state index in [4.69, 9.17) is 14.7 Å². The Morgan fingerprint density at radius 2 is 1.57 bits per heavy atom. The van der Waals surface area contributed by atoms with Crippen LogP contribution in [0, 0.1) is 0 Å². The first-order chi connectivity index (χ1) is 22.2. The molecule has 6 rings (SSSR count). The third-order valence-electron chi connectivity index (χ3n) is 7.86. The molecule has 234 valence electrons. The second kappa shape index (κ2) is 13.0. The molecule has 6 aromatic rings. The number of imidazole rings is 1. The Labute approximate surface area is 264 Å². The van der Waals surface area contributed by atoms with Crippen molar-refractivity contribution >= 4 is 10.9 Å². The van der Waals surface area contributed by atoms with Crippen LogP contribution < -0.4 is 10.3 Å². The van der Waals surface area contributed by atoms with E-state index in [1.165, 1.54) is 12.1 Å². The molecule has 0 bridgehead atoms. The Kier molecular flexibility index (Phi) is 8.70. The van der Waals surface area contributed by atoms with Crippen LogP contribution >= 0.6 is 0 Å². The number of aromatic nitrogens is 5. The quantitative estimate of drug-likeness (QED) is 0.159. The first kappa shape index (κ1) is 30.8. The van der Waals surface area contributed by atoms with Crippen LogP contribution in [0.15, 0.2) is 108 Å². The molecule has 0 saturated heterocycles. The lowest BCUT2D eigenvalue weighted by atomic mass is 10.1. The molecule has 3 aromatic heterocycles. The lowest BCUT2D eigenvalue weighted by Gasteiger charge is -2.21. The zero-order valence-corrected chi connectivity index (χ0v) is 25.4. The van der Waals surface area contributed by atoms with E-state index in [2.05, 4.69) is 4.98 Å². The highest BCUT2D eigenvalue weighted by Gasteiger charge is 2.30. The third-order valence-corrected chi connectivity index (χ3v) is 7.86. The van der Waals surface area contributed by atoms with E-state index in [1.807, 2.05) is 85.3 Å². The molecule has 7 nitrogen and oxygen atoms in total. The smallest absolute Gasteiger partial charge is 0.416 e. The molecule has 10 heteroatoms. The summed E-state index contributed by atoms with van der Waals surface area (Å²) in [6.07, 6.45) is 0.822. The summed E-state index contributed by atoms with van der Waals surface area (Å²) in [6.45, 7) is 4.37. The van der Waals surface area contributed by atoms with Crippen LogP contribution in [0.5, 0.6) is 5.75 Å². The lowest BCUT2D eigenvalue weighted by Crippen LogP contribution is -2.27. The lowest BCUT2D eigenvalue weighted by molar-refractivity contribution is -0.137. The van der Waals surface area contributed by atoms with Crippen LogP contribution in [0.25, 0.3) is 16.6 Å². The predicted molar refractivity (Wildman–Crippen MR) is 170 cm³/mol. The minimum absolute atomic E-state index is 0.212. The summed E-state index contributed by atoms with van der Waals surface area (Å²) < 4.78 is 48.9. The van der Waals surface area contributed by atoms with Gasteiger partial charge in [0.25, 0.3) is 5.56 Å². The highest BCUT2D eigenvalue weighted by Crippen LogP contribution is 2.30. The molecule has 46 heavy (non-hydrogen) atoms. The van der Waals surface area contributed by atoms with Crippen molar-refractivity contribution in [3.63, 3.8) is 0 Å². The molecule has 0 aliphatic rings. The van der Waals surface area contributed by atoms with Gasteiger partial charge in [-0.15, -0.1) is 0 Å². The fraction of sp³-hybridized carbons (Fsp3) is 0.222. The van der Waals surface area contributed by atoms with E-state index >= 15 is 0 Å². The Bertz CT molecular complexity index is 2000. The Balaban J connectivity index is 1.44. The molecular formula is C36H32F3N5O2. The molecule has 0 aliphatic carbocycles. The number of ether oxygens (including phenoxy) is 1. The number of hydrogen-bond acceptors (Lipinski definition) is 5. The summed E-state index contributed by atoms with van der Waals surface area (Å²) in [5, 5.41) is 0.485. The van der Waals surface area contributed by atoms with Gasteiger partial charge in [-0.05, 0) is 92.9 Å². The van der Waals surface area contributed by atoms with E-state index in [0.29, 0.717) is 59.0 Å². The maximum absolute atomic E-state index is 14.0. The number of nitrogens with zero attached hydrogens (tertiary/aromatic N) is 5. The fourth-order valence-electron chi connectivity index (χ4n) is 5.53. The average molecular weight is 624 g/mol. The number of alkyl halides is 3. The van der Waals surface area contributed by atoms with Gasteiger partial charge in [0.1, 0.15) is 17.4 Å². The van der Waals surface area contributed by atoms with Gasteiger partial charge < -0.3 is 9.30 Å². The van der Waals surface area contributed by atoms with Crippen molar-refractivity contribution in [1.82, 2.24) is 24.1 Å². The van der Waals surface area contributed by atoms with Gasteiger partial charge in [0, 0.05) is 24.5 Å². The van der Waals surface area contributed by atoms with Crippen molar-refractivity contribution < 1.29 is 17.9 Å². The maximum atomic E-state index is 14.0. The Hall–Kier alpha value is -5.25. The van der Waals surface area contributed by atoms with Crippen molar-refractivity contribution in [2.75, 3.05) is 6.61 Å². The zero-order valence-electron chi connectivity index (χ0n) is 25.4. The van der Waals surface area contributed by atoms with Crippen LogP contribution in [0.2, 0.25) is 0 Å². The summed E-state index contributed by atoms with van der Waals surface area (Å²) >= 11 is 0. The molecule has 0 N–H and O–H groups in total. The molecule has 1 unspecified atom stereocenters. The molecule has 1 atom stereocenters. The monoisotopic (exact) mass is 623 g/mol. The van der Waals surface area contributed by atoms with Crippen LogP contribution in [-0.2, 0) is 25.4 Å². The number of aryl methyl sites for hydroxylation is 2. The third kappa shape index (κ3) is 6.56. The largest absolute Gasteiger partial charge is 0.494 e. The molecule has 3 aromatic carbocycles. The zero-order chi connectivity index (χ0) is 32.3. The van der Waals surface area contributed by atoms with Gasteiger partial charge in [0.2, 0.25) is 0 Å². The van der Waals surface area contributed by atoms with Crippen molar-refractivity contribution in [2.24, 2.45) is 0 Å². The highest BCUT2D eigenvalue weighted by atomic mass is 19.4. The van der Waals surface area contributed by atoms with Gasteiger partial charge in [-0.2, -0.15) is 13.2 Å². The average Bonchev–Trinajstić information content (AvgIpc) is 3.46. The maximum Gasteiger partial charge on any atom is 0.416 e. The van der Waals surface area contributed by atoms with E-state index in [-0.39, 0.29) is 12.0 Å². The summed E-state index contributed by atoms with van der Waals surface area (Å²) in [5.41, 5.74) is 2.69. The number of pyridine rings is 1. The molecular weight excluding hydrogens is 591 g/mol. The number of benzene rings is 3. The second-order valence-electron chi connectivity index (χ2n) is 11.0. The number of para-hydroxylation sites is 1. The van der Waals surface area contributed by atoms with Gasteiger partial charge >= 0.3 is 6.18 Å². The normalized spacial score (nSPS) is 12.4. The number of halogens is 3. The van der Waals surface area contributed by atoms with E-state index in [9.17, 15) is 18.0 Å². The minimum atomic E-state index is -4.42. The van der Waals surface area contributed by atoms with Crippen LogP contribution in [0.4, 0.5) is 13.2 Å². The predicted octanol–water partition coefficient (Wildman–Crippen LogP) is 7.38. The van der Waals surface area contributed by atoms with Crippen molar-refractivity contribution in [1.29, 1.82) is 0 Å². The van der Waals surface area contributed by atoms with E-state index < -0.39 is 17.8 Å². The standard InChI is InChI=1S/C36H32F3N5O2/c1-3-46-30-19-17-29(18-20-30)44-34(42-32-10-5-4-9-31(32)35(44)45)24(2)43-23-28(16-15-27-8-6-7-21-40-27)41-33(43)22-25-11-13-26(14-12-25)36(37,38)39/h4-14,17-21,23-24H,3,15-16,22H2,1-2H3. The first-order valence-corrected chi connectivity index (χ1v) is 15.1. The topological polar surface area (TPSA) is 74.8 Å². The summed E-state index contributed by atoms with van der Waals surface area (Å²) in [6, 6.07) is 24.9. The Morgan fingerprint density at radius 1 is 0.848 bits per heavy atom. The molecule has 0 fully saturated rings. The summed E-state index contributed by atoms with van der Waals surface area (Å²) in [5.74, 6) is 1.83. The van der Waals surface area contributed by atoms with Gasteiger partial charge in [-0.3, -0.25) is 14.3 Å². The SMILES string of the molecule is CCOc1ccc(-n2c(C(C)n3cc(CCc4ccccn4)nc3Cc3ccc(C(F)(F)F)cc3)nc3ccccc3c2=O)cc1. The molecule has 0 aliphatic heterocycles. The number of hydrogen-bond donors (Lipinski definition) is 0. The van der Waals surface area contributed by atoms with E-state index in [0.717, 1.165) is 23.5 Å². The fourth-order valence-corrected chi connectivity index (χ4v) is 5.53. The highest BCUT2D eigenvalue weighted by molar-refractivity contribution is 5.78. The molecule has 0 spiro atoms. The van der Waals surface area contributed by atoms with Gasteiger partial charge in [-0.1, -0.05) is 30.3 Å². The summed E-state index contributed by atoms with van der Waals surface area (Å²) in [7, 11) is 0. The molecule has 3 heterocycles. The van der Waals surface area contributed by atoms with Crippen molar-refractivity contribution in [3.05, 3.63) is 148 Å². The van der Waals surface area contributed by atoms with Gasteiger partial charge in [-0.25, -0.2) is 9.97 Å². The minimum Gasteiger partial charge on any atom is -0.494 e. The molecule has 0 radical (unpaired) electrons. The first-order valence-electron chi connectivity index (χ1n) is 15.1. The molecule has 0 saturated carbocycles. The van der Waals surface area contributed by atoms with Gasteiger partial charge in [0.15, 0.2) is 0 Å². The number of rotatable bonds is 10. The van der Waals surface area contributed by atoms with Crippen molar-refractivity contribution in [2.45, 2.75) is 45.3 Å². The van der Waals surface area contributed by atoms with Crippen LogP contribution in [0.1, 0.15) is 54.1 Å². The number of fused-ring (bicyclic) bond motifs is 1. The second-order valence-corrected chi connectivity index (χ2v) is 11.0. The van der Waals surface area contributed by atoms with Crippen molar-refractivity contribution in [3.8, 4) is 11.4 Å². The van der Waals surface area contributed by atoms with Crippen LogP contribution in [0.3, 0.4) is 0 Å².